The first-order chi connectivity index (χ1) is 9.09. The van der Waals surface area contributed by atoms with Crippen molar-refractivity contribution in [2.24, 2.45) is 0 Å². The minimum Gasteiger partial charge on any atom is -0.383 e. The van der Waals surface area contributed by atoms with Crippen LogP contribution in [-0.2, 0) is 20.4 Å². The number of nitrogen functional groups attached to an aromatic ring is 1. The zero-order valence-corrected chi connectivity index (χ0v) is 12.1. The number of ether oxygens (including phenoxy) is 1. The van der Waals surface area contributed by atoms with E-state index < -0.39 is 32.9 Å². The number of hydrogen-bond acceptors (Lipinski definition) is 6. The Kier molecular flexibility index (Phi) is 5.64. The van der Waals surface area contributed by atoms with Gasteiger partial charge in [-0.1, -0.05) is 0 Å². The lowest BCUT2D eigenvalue weighted by Crippen LogP contribution is -2.25. The molecule has 5 N–H and O–H groups in total. The van der Waals surface area contributed by atoms with E-state index in [1.165, 1.54) is 16.8 Å². The Balaban J connectivity index is 2.44. The molecule has 0 fully saturated rings. The summed E-state index contributed by atoms with van der Waals surface area (Å²) in [5.41, 5.74) is 4.71. The molecule has 0 aliphatic heterocycles. The molecule has 1 aromatic heterocycles. The Morgan fingerprint density at radius 3 is 2.55 bits per heavy atom. The number of nitrogens with two attached hydrogens (primary N) is 1. The third kappa shape index (κ3) is 6.42. The van der Waals surface area contributed by atoms with E-state index in [0.29, 0.717) is 0 Å². The van der Waals surface area contributed by atoms with Gasteiger partial charge >= 0.3 is 13.3 Å². The van der Waals surface area contributed by atoms with E-state index >= 15 is 0 Å². The topological polar surface area (TPSA) is 165 Å². The summed E-state index contributed by atoms with van der Waals surface area (Å²) in [6, 6.07) is 1.41. The quantitative estimate of drug-likeness (QED) is 0.370. The highest BCUT2D eigenvalue weighted by Gasteiger charge is 2.29. The van der Waals surface area contributed by atoms with Gasteiger partial charge in [-0.2, -0.15) is 4.98 Å². The van der Waals surface area contributed by atoms with Crippen molar-refractivity contribution in [2.45, 2.75) is 6.54 Å². The van der Waals surface area contributed by atoms with Gasteiger partial charge in [-0.25, -0.2) is 4.79 Å². The molecule has 1 aromatic rings. The smallest absolute Gasteiger partial charge is 0.349 e. The van der Waals surface area contributed by atoms with Crippen LogP contribution in [-0.4, -0.2) is 43.1 Å². The first kappa shape index (κ1) is 17.0. The molecule has 1 rings (SSSR count). The largest absolute Gasteiger partial charge is 0.383 e. The van der Waals surface area contributed by atoms with E-state index in [0.717, 1.165) is 0 Å². The van der Waals surface area contributed by atoms with E-state index in [-0.39, 0.29) is 19.0 Å². The van der Waals surface area contributed by atoms with Crippen LogP contribution >= 0.6 is 15.0 Å². The van der Waals surface area contributed by atoms with Crippen molar-refractivity contribution < 1.29 is 28.5 Å². The molecule has 0 aromatic carbocycles. The van der Waals surface area contributed by atoms with Gasteiger partial charge < -0.3 is 25.2 Å². The summed E-state index contributed by atoms with van der Waals surface area (Å²) in [5, 5.41) is 0. The van der Waals surface area contributed by atoms with Gasteiger partial charge in [0.15, 0.2) is 0 Å². The van der Waals surface area contributed by atoms with Crippen molar-refractivity contribution in [1.82, 2.24) is 9.55 Å². The summed E-state index contributed by atoms with van der Waals surface area (Å²) in [4.78, 5) is 41.3. The molecule has 0 saturated heterocycles. The molecule has 0 saturated carbocycles. The molecule has 0 radical (unpaired) electrons. The highest BCUT2D eigenvalue weighted by atomic mass is 31.2. The molecule has 1 unspecified atom stereocenters. The molecular formula is C8H15N3O7P2. The zero-order chi connectivity index (χ0) is 15.4. The Hall–Kier alpha value is -1.02. The van der Waals surface area contributed by atoms with Gasteiger partial charge in [0.2, 0.25) is 7.37 Å². The Bertz CT molecular complexity index is 610. The fourth-order valence-electron chi connectivity index (χ4n) is 1.31. The lowest BCUT2D eigenvalue weighted by atomic mass is 10.5. The second kappa shape index (κ2) is 6.62. The van der Waals surface area contributed by atoms with Gasteiger partial charge in [-0.3, -0.25) is 13.7 Å². The average molecular weight is 327 g/mol. The monoisotopic (exact) mass is 327 g/mol. The predicted molar refractivity (Wildman–Crippen MR) is 70.5 cm³/mol. The van der Waals surface area contributed by atoms with Gasteiger partial charge in [-0.15, -0.1) is 0 Å². The summed E-state index contributed by atoms with van der Waals surface area (Å²) in [6.45, 7) is -0.0146. The van der Waals surface area contributed by atoms with Crippen molar-refractivity contribution in [3.63, 3.8) is 0 Å². The van der Waals surface area contributed by atoms with Crippen molar-refractivity contribution in [2.75, 3.05) is 24.6 Å². The molecule has 0 aliphatic rings. The summed E-state index contributed by atoms with van der Waals surface area (Å²) in [7, 11) is -8.64. The predicted octanol–water partition coefficient (Wildman–Crippen LogP) is -0.795. The van der Waals surface area contributed by atoms with Crippen LogP contribution in [0.15, 0.2) is 17.1 Å². The molecule has 0 amide bonds. The molecule has 114 valence electrons. The Labute approximate surface area is 113 Å². The molecule has 0 spiro atoms. The molecule has 0 aliphatic carbocycles. The molecule has 1 heterocycles. The second-order valence-electron chi connectivity index (χ2n) is 4.02. The number of aromatic nitrogens is 2. The number of rotatable bonds is 7. The van der Waals surface area contributed by atoms with Crippen molar-refractivity contribution in [3.05, 3.63) is 22.7 Å². The van der Waals surface area contributed by atoms with E-state index in [1.54, 1.807) is 0 Å². The second-order valence-corrected chi connectivity index (χ2v) is 8.43. The first-order valence-electron chi connectivity index (χ1n) is 5.35. The third-order valence-electron chi connectivity index (χ3n) is 2.07. The molecule has 20 heavy (non-hydrogen) atoms. The number of hydrogen-bond donors (Lipinski definition) is 4. The minimum atomic E-state index is -4.58. The maximum absolute atomic E-state index is 11.4. The maximum atomic E-state index is 11.4. The van der Waals surface area contributed by atoms with Crippen LogP contribution in [0.1, 0.15) is 0 Å². The standard InChI is InChI=1S/C8H15N3O7P2/c9-7-1-2-11(8(12)10-7)3-4-18-5-19(13,14)6-20(15,16)17/h1-2H,3-6H2,(H,13,14)(H2,9,10,12)(H2,15,16,17). The van der Waals surface area contributed by atoms with Crippen LogP contribution in [0.2, 0.25) is 0 Å². The summed E-state index contributed by atoms with van der Waals surface area (Å²) in [6.07, 6.45) is 0.692. The summed E-state index contributed by atoms with van der Waals surface area (Å²) in [5.74, 6) is -1.06. The number of nitrogens with zero attached hydrogens (tertiary/aromatic N) is 2. The molecule has 10 nitrogen and oxygen atoms in total. The number of anilines is 1. The van der Waals surface area contributed by atoms with Gasteiger partial charge in [0.05, 0.1) is 13.2 Å². The molecule has 1 atom stereocenters. The van der Waals surface area contributed by atoms with Crippen LogP contribution in [0.25, 0.3) is 0 Å². The van der Waals surface area contributed by atoms with Crippen LogP contribution < -0.4 is 11.4 Å². The van der Waals surface area contributed by atoms with Crippen molar-refractivity contribution >= 4 is 20.8 Å². The van der Waals surface area contributed by atoms with Crippen LogP contribution in [0, 0.1) is 0 Å². The highest BCUT2D eigenvalue weighted by molar-refractivity contribution is 7.72. The highest BCUT2D eigenvalue weighted by Crippen LogP contribution is 2.54. The van der Waals surface area contributed by atoms with Crippen molar-refractivity contribution in [1.29, 1.82) is 0 Å². The lowest BCUT2D eigenvalue weighted by molar-refractivity contribution is 0.158. The maximum Gasteiger partial charge on any atom is 0.349 e. The fourth-order valence-corrected chi connectivity index (χ4v) is 4.35. The van der Waals surface area contributed by atoms with E-state index in [2.05, 4.69) is 4.98 Å². The van der Waals surface area contributed by atoms with Gasteiger partial charge in [0, 0.05) is 6.20 Å². The molecule has 12 heteroatoms. The van der Waals surface area contributed by atoms with Crippen LogP contribution in [0.3, 0.4) is 0 Å². The lowest BCUT2D eigenvalue weighted by Gasteiger charge is -2.13. The molecular weight excluding hydrogens is 312 g/mol. The third-order valence-corrected chi connectivity index (χ3v) is 5.90. The normalized spacial score (nSPS) is 14.9. The van der Waals surface area contributed by atoms with Gasteiger partial charge in [0.25, 0.3) is 0 Å². The van der Waals surface area contributed by atoms with E-state index in [1.807, 2.05) is 0 Å². The van der Waals surface area contributed by atoms with E-state index in [9.17, 15) is 18.8 Å². The SMILES string of the molecule is Nc1ccn(CCOCP(=O)(O)CP(=O)(O)O)c(=O)n1. The zero-order valence-electron chi connectivity index (χ0n) is 10.3. The van der Waals surface area contributed by atoms with Crippen LogP contribution in [0.5, 0.6) is 0 Å². The minimum absolute atomic E-state index is 0.0715. The Morgan fingerprint density at radius 1 is 1.35 bits per heavy atom. The van der Waals surface area contributed by atoms with Gasteiger partial charge in [-0.05, 0) is 6.07 Å². The average Bonchev–Trinajstić information content (AvgIpc) is 2.23. The fraction of sp³-hybridized carbons (Fsp3) is 0.500. The Morgan fingerprint density at radius 2 is 2.00 bits per heavy atom. The van der Waals surface area contributed by atoms with E-state index in [4.69, 9.17) is 20.3 Å². The van der Waals surface area contributed by atoms with Gasteiger partial charge in [0.1, 0.15) is 18.1 Å². The first-order valence-corrected chi connectivity index (χ1v) is 9.18. The summed E-state index contributed by atoms with van der Waals surface area (Å²) < 4.78 is 28.1. The van der Waals surface area contributed by atoms with Crippen molar-refractivity contribution in [3.8, 4) is 0 Å². The molecule has 0 bridgehead atoms. The van der Waals surface area contributed by atoms with Crippen LogP contribution in [0.4, 0.5) is 5.82 Å². The summed E-state index contributed by atoms with van der Waals surface area (Å²) >= 11 is 0.